The minimum absolute atomic E-state index is 0.123. The van der Waals surface area contributed by atoms with Gasteiger partial charge in [-0.25, -0.2) is 0 Å². The van der Waals surface area contributed by atoms with Crippen LogP contribution in [-0.4, -0.2) is 26.6 Å². The molecule has 2 aromatic carbocycles. The normalized spacial score (nSPS) is 17.7. The van der Waals surface area contributed by atoms with Gasteiger partial charge in [0.15, 0.2) is 5.11 Å². The highest BCUT2D eigenvalue weighted by molar-refractivity contribution is 7.80. The molecular weight excluding hydrogens is 362 g/mol. The first-order valence-electron chi connectivity index (χ1n) is 8.65. The lowest BCUT2D eigenvalue weighted by molar-refractivity contribution is 0.205. The predicted molar refractivity (Wildman–Crippen MR) is 109 cm³/mol. The highest BCUT2D eigenvalue weighted by atomic mass is 32.1. The summed E-state index contributed by atoms with van der Waals surface area (Å²) >= 11 is 5.30. The molecule has 2 aromatic rings. The highest BCUT2D eigenvalue weighted by Gasteiger charge is 2.27. The monoisotopic (exact) mass is 385 g/mol. The van der Waals surface area contributed by atoms with Crippen molar-refractivity contribution in [3.05, 3.63) is 53.6 Å². The summed E-state index contributed by atoms with van der Waals surface area (Å²) in [7, 11) is 0. The number of aromatic hydroxyl groups is 2. The lowest BCUT2D eigenvalue weighted by atomic mass is 9.95. The number of fused-ring (bicyclic) bond motifs is 1. The van der Waals surface area contributed by atoms with Gasteiger partial charge in [-0.2, -0.15) is 5.10 Å². The third-order valence-electron chi connectivity index (χ3n) is 3.97. The first-order valence-corrected chi connectivity index (χ1v) is 9.06. The molecule has 0 spiro atoms. The van der Waals surface area contributed by atoms with Gasteiger partial charge in [0.2, 0.25) is 0 Å². The van der Waals surface area contributed by atoms with Crippen molar-refractivity contribution in [1.29, 1.82) is 0 Å². The number of hydrogen-bond donors (Lipinski definition) is 4. The molecule has 3 rings (SSSR count). The molecule has 142 valence electrons. The molecule has 4 N–H and O–H groups in total. The molecule has 0 fully saturated rings. The third-order valence-corrected chi connectivity index (χ3v) is 4.16. The summed E-state index contributed by atoms with van der Waals surface area (Å²) in [5, 5.41) is 27.4. The van der Waals surface area contributed by atoms with E-state index < -0.39 is 0 Å². The molecule has 0 amide bonds. The number of ether oxygens (including phenoxy) is 1. The molecule has 0 saturated carbocycles. The van der Waals surface area contributed by atoms with Crippen molar-refractivity contribution in [3.63, 3.8) is 0 Å². The molecule has 7 heteroatoms. The van der Waals surface area contributed by atoms with E-state index in [9.17, 15) is 10.2 Å². The fraction of sp³-hybridized carbons (Fsp3) is 0.300. The van der Waals surface area contributed by atoms with E-state index in [1.54, 1.807) is 30.3 Å². The quantitative estimate of drug-likeness (QED) is 0.467. The molecule has 0 aliphatic carbocycles. The van der Waals surface area contributed by atoms with Gasteiger partial charge in [0, 0.05) is 23.6 Å². The zero-order valence-electron chi connectivity index (χ0n) is 15.5. The van der Waals surface area contributed by atoms with Crippen molar-refractivity contribution in [2.24, 2.45) is 5.10 Å². The standard InChI is InChI=1S/C20H23N3O3S/c1-20(2,3)21-19(27)23-22-16-11-17(12-4-6-13(24)7-5-12)26-18-10-14(25)8-9-15(16)18/h4-10,17,24-25H,11H2,1-3H3,(H2,21,23,27)/b22-16+. The van der Waals surface area contributed by atoms with Crippen LogP contribution in [0.2, 0.25) is 0 Å². The summed E-state index contributed by atoms with van der Waals surface area (Å²) < 4.78 is 6.06. The van der Waals surface area contributed by atoms with Crippen LogP contribution in [0.3, 0.4) is 0 Å². The van der Waals surface area contributed by atoms with Crippen LogP contribution in [0.5, 0.6) is 17.2 Å². The first-order chi connectivity index (χ1) is 12.7. The smallest absolute Gasteiger partial charge is 0.187 e. The van der Waals surface area contributed by atoms with Crippen molar-refractivity contribution in [2.45, 2.75) is 38.8 Å². The molecule has 1 aliphatic heterocycles. The molecule has 1 atom stereocenters. The van der Waals surface area contributed by atoms with Crippen LogP contribution in [0.15, 0.2) is 47.6 Å². The molecule has 27 heavy (non-hydrogen) atoms. The number of phenolic OH excluding ortho intramolecular Hbond substituents is 2. The van der Waals surface area contributed by atoms with Gasteiger partial charge in [-0.3, -0.25) is 5.43 Å². The number of hydrazone groups is 1. The van der Waals surface area contributed by atoms with Gasteiger partial charge in [0.1, 0.15) is 23.4 Å². The number of nitrogens with zero attached hydrogens (tertiary/aromatic N) is 1. The Balaban J connectivity index is 1.88. The average molecular weight is 385 g/mol. The summed E-state index contributed by atoms with van der Waals surface area (Å²) in [6, 6.07) is 11.8. The number of rotatable bonds is 2. The minimum Gasteiger partial charge on any atom is -0.508 e. The van der Waals surface area contributed by atoms with Crippen LogP contribution >= 0.6 is 12.2 Å². The lowest BCUT2D eigenvalue weighted by Crippen LogP contribution is -2.45. The Morgan fingerprint density at radius 2 is 1.78 bits per heavy atom. The maximum Gasteiger partial charge on any atom is 0.187 e. The maximum atomic E-state index is 9.81. The van der Waals surface area contributed by atoms with Crippen LogP contribution in [-0.2, 0) is 0 Å². The largest absolute Gasteiger partial charge is 0.508 e. The molecule has 0 saturated heterocycles. The Kier molecular flexibility index (Phi) is 5.23. The number of benzene rings is 2. The van der Waals surface area contributed by atoms with E-state index in [0.717, 1.165) is 16.8 Å². The van der Waals surface area contributed by atoms with Gasteiger partial charge in [-0.1, -0.05) is 12.1 Å². The predicted octanol–water partition coefficient (Wildman–Crippen LogP) is 3.59. The molecule has 1 unspecified atom stereocenters. The van der Waals surface area contributed by atoms with Gasteiger partial charge in [-0.05, 0) is 62.8 Å². The van der Waals surface area contributed by atoms with Crippen molar-refractivity contribution in [3.8, 4) is 17.2 Å². The van der Waals surface area contributed by atoms with E-state index in [1.165, 1.54) is 0 Å². The van der Waals surface area contributed by atoms with E-state index in [4.69, 9.17) is 17.0 Å². The Morgan fingerprint density at radius 3 is 2.44 bits per heavy atom. The van der Waals surface area contributed by atoms with E-state index in [0.29, 0.717) is 17.3 Å². The van der Waals surface area contributed by atoms with Crippen molar-refractivity contribution in [1.82, 2.24) is 10.7 Å². The topological polar surface area (TPSA) is 86.1 Å². The lowest BCUT2D eigenvalue weighted by Gasteiger charge is -2.28. The molecule has 0 aromatic heterocycles. The van der Waals surface area contributed by atoms with Crippen LogP contribution in [0, 0.1) is 0 Å². The number of nitrogens with one attached hydrogen (secondary N) is 2. The first kappa shape index (κ1) is 19.0. The van der Waals surface area contributed by atoms with Crippen molar-refractivity contribution in [2.75, 3.05) is 0 Å². The summed E-state index contributed by atoms with van der Waals surface area (Å²) in [5.41, 5.74) is 5.21. The van der Waals surface area contributed by atoms with Crippen LogP contribution in [0.4, 0.5) is 0 Å². The van der Waals surface area contributed by atoms with Crippen LogP contribution in [0.1, 0.15) is 44.4 Å². The van der Waals surface area contributed by atoms with E-state index in [2.05, 4.69) is 15.8 Å². The Morgan fingerprint density at radius 1 is 1.11 bits per heavy atom. The zero-order valence-corrected chi connectivity index (χ0v) is 16.3. The molecule has 0 radical (unpaired) electrons. The average Bonchev–Trinajstić information content (AvgIpc) is 2.58. The molecule has 0 bridgehead atoms. The van der Waals surface area contributed by atoms with Gasteiger partial charge < -0.3 is 20.3 Å². The molecular formula is C20H23N3O3S. The highest BCUT2D eigenvalue weighted by Crippen LogP contribution is 2.37. The molecule has 6 nitrogen and oxygen atoms in total. The van der Waals surface area contributed by atoms with Gasteiger partial charge >= 0.3 is 0 Å². The fourth-order valence-electron chi connectivity index (χ4n) is 2.79. The summed E-state index contributed by atoms with van der Waals surface area (Å²) in [5.74, 6) is 0.869. The van der Waals surface area contributed by atoms with Crippen molar-refractivity contribution < 1.29 is 14.9 Å². The Bertz CT molecular complexity index is 873. The molecule has 1 aliphatic rings. The fourth-order valence-corrected chi connectivity index (χ4v) is 3.15. The zero-order chi connectivity index (χ0) is 19.6. The Hall–Kier alpha value is -2.80. The number of phenols is 2. The van der Waals surface area contributed by atoms with Gasteiger partial charge in [0.25, 0.3) is 0 Å². The van der Waals surface area contributed by atoms with E-state index >= 15 is 0 Å². The summed E-state index contributed by atoms with van der Waals surface area (Å²) in [6.45, 7) is 6.05. The van der Waals surface area contributed by atoms with Crippen LogP contribution < -0.4 is 15.5 Å². The maximum absolute atomic E-state index is 9.81. The van der Waals surface area contributed by atoms with Gasteiger partial charge in [-0.15, -0.1) is 0 Å². The van der Waals surface area contributed by atoms with Gasteiger partial charge in [0.05, 0.1) is 5.71 Å². The van der Waals surface area contributed by atoms with Crippen LogP contribution in [0.25, 0.3) is 0 Å². The summed E-state index contributed by atoms with van der Waals surface area (Å²) in [6.07, 6.45) is 0.234. The second-order valence-corrected chi connectivity index (χ2v) is 7.87. The number of thiocarbonyl (C=S) groups is 1. The Labute approximate surface area is 163 Å². The number of hydrogen-bond acceptors (Lipinski definition) is 5. The third kappa shape index (κ3) is 4.89. The SMILES string of the molecule is CC(C)(C)NC(=S)N/N=C1\CC(c2ccc(O)cc2)Oc2cc(O)ccc21. The molecule has 1 heterocycles. The summed E-state index contributed by atoms with van der Waals surface area (Å²) in [4.78, 5) is 0. The van der Waals surface area contributed by atoms with E-state index in [1.807, 2.05) is 32.9 Å². The second-order valence-electron chi connectivity index (χ2n) is 7.46. The minimum atomic E-state index is -0.287. The van der Waals surface area contributed by atoms with Crippen molar-refractivity contribution >= 4 is 23.0 Å². The second kappa shape index (κ2) is 7.44. The van der Waals surface area contributed by atoms with E-state index in [-0.39, 0.29) is 23.1 Å².